The van der Waals surface area contributed by atoms with Gasteiger partial charge < -0.3 is 11.1 Å². The molecule has 0 saturated carbocycles. The molecule has 0 atom stereocenters. The molecule has 1 aromatic carbocycles. The predicted octanol–water partition coefficient (Wildman–Crippen LogP) is 4.30. The molecular weight excluding hydrogens is 435 g/mol. The predicted molar refractivity (Wildman–Crippen MR) is 121 cm³/mol. The van der Waals surface area contributed by atoms with Crippen LogP contribution in [-0.4, -0.2) is 31.1 Å². The standard InChI is InChI=1S/C21H18Cl2N8/c1-12-27-19-10-18(16-7-5-14(22)9-17(16)23)29-21(31(19)30-12)26-8-2-3-15-6-4-13(11-24)20(25)28-15/h4-7,9-10H,2-3,8H2,1H3,(H2,25,28)(H,26,29). The van der Waals surface area contributed by atoms with Gasteiger partial charge >= 0.3 is 0 Å². The molecule has 4 rings (SSSR count). The number of hydrogen-bond acceptors (Lipinski definition) is 7. The number of nitrogens with one attached hydrogen (secondary N) is 1. The first-order valence-electron chi connectivity index (χ1n) is 9.54. The Balaban J connectivity index is 1.54. The van der Waals surface area contributed by atoms with E-state index in [1.807, 2.05) is 31.2 Å². The van der Waals surface area contributed by atoms with E-state index in [1.54, 1.807) is 22.7 Å². The van der Waals surface area contributed by atoms with E-state index in [1.165, 1.54) is 0 Å². The summed E-state index contributed by atoms with van der Waals surface area (Å²) in [6.07, 6.45) is 1.48. The second kappa shape index (κ2) is 8.76. The number of halogens is 2. The van der Waals surface area contributed by atoms with E-state index in [0.717, 1.165) is 17.7 Å². The van der Waals surface area contributed by atoms with Crippen LogP contribution in [-0.2, 0) is 6.42 Å². The number of nitriles is 1. The molecule has 0 aliphatic rings. The molecule has 3 heterocycles. The Morgan fingerprint density at radius 3 is 2.71 bits per heavy atom. The zero-order valence-corrected chi connectivity index (χ0v) is 18.1. The van der Waals surface area contributed by atoms with E-state index in [4.69, 9.17) is 39.2 Å². The third-order valence-corrected chi connectivity index (χ3v) is 5.18. The van der Waals surface area contributed by atoms with E-state index in [-0.39, 0.29) is 5.82 Å². The lowest BCUT2D eigenvalue weighted by Gasteiger charge is -2.11. The summed E-state index contributed by atoms with van der Waals surface area (Å²) in [6, 6.07) is 12.6. The molecule has 3 N–H and O–H groups in total. The lowest BCUT2D eigenvalue weighted by molar-refractivity contribution is 0.814. The van der Waals surface area contributed by atoms with Gasteiger partial charge in [0.2, 0.25) is 5.95 Å². The normalized spacial score (nSPS) is 10.9. The maximum absolute atomic E-state index is 8.96. The fourth-order valence-electron chi connectivity index (χ4n) is 3.17. The van der Waals surface area contributed by atoms with Crippen molar-refractivity contribution in [2.24, 2.45) is 0 Å². The second-order valence-electron chi connectivity index (χ2n) is 6.90. The number of fused-ring (bicyclic) bond motifs is 1. The Hall–Kier alpha value is -3.41. The Labute approximate surface area is 188 Å². The highest BCUT2D eigenvalue weighted by atomic mass is 35.5. The highest BCUT2D eigenvalue weighted by Crippen LogP contribution is 2.30. The van der Waals surface area contributed by atoms with Gasteiger partial charge in [-0.3, -0.25) is 0 Å². The zero-order chi connectivity index (χ0) is 22.0. The number of anilines is 2. The van der Waals surface area contributed by atoms with Gasteiger partial charge in [0.1, 0.15) is 17.7 Å². The van der Waals surface area contributed by atoms with E-state index in [9.17, 15) is 0 Å². The molecule has 0 fully saturated rings. The van der Waals surface area contributed by atoms with Crippen LogP contribution in [0.3, 0.4) is 0 Å². The summed E-state index contributed by atoms with van der Waals surface area (Å²) in [7, 11) is 0. The number of pyridine rings is 1. The van der Waals surface area contributed by atoms with Crippen LogP contribution in [0.15, 0.2) is 36.4 Å². The first kappa shape index (κ1) is 20.8. The SMILES string of the molecule is Cc1nc2cc(-c3ccc(Cl)cc3Cl)nc(NCCCc3ccc(C#N)c(N)n3)n2n1. The van der Waals surface area contributed by atoms with Crippen molar-refractivity contribution in [3.8, 4) is 17.3 Å². The average Bonchev–Trinajstić information content (AvgIpc) is 3.11. The zero-order valence-electron chi connectivity index (χ0n) is 16.6. The summed E-state index contributed by atoms with van der Waals surface area (Å²) in [6.45, 7) is 2.45. The minimum atomic E-state index is 0.252. The number of aryl methyl sites for hydroxylation is 2. The fourth-order valence-corrected chi connectivity index (χ4v) is 3.67. The monoisotopic (exact) mass is 452 g/mol. The maximum Gasteiger partial charge on any atom is 0.226 e. The van der Waals surface area contributed by atoms with Crippen LogP contribution in [0.25, 0.3) is 16.9 Å². The Bertz CT molecular complexity index is 1310. The van der Waals surface area contributed by atoms with Crippen molar-refractivity contribution in [2.75, 3.05) is 17.6 Å². The van der Waals surface area contributed by atoms with Crippen LogP contribution in [0, 0.1) is 18.3 Å². The lowest BCUT2D eigenvalue weighted by atomic mass is 10.1. The Morgan fingerprint density at radius 2 is 1.97 bits per heavy atom. The number of nitrogen functional groups attached to an aromatic ring is 1. The molecule has 8 nitrogen and oxygen atoms in total. The molecular formula is C21H18Cl2N8. The number of rotatable bonds is 6. The summed E-state index contributed by atoms with van der Waals surface area (Å²) in [5, 5.41) is 17.8. The van der Waals surface area contributed by atoms with E-state index in [2.05, 4.69) is 20.4 Å². The van der Waals surface area contributed by atoms with E-state index >= 15 is 0 Å². The van der Waals surface area contributed by atoms with Crippen molar-refractivity contribution < 1.29 is 0 Å². The smallest absolute Gasteiger partial charge is 0.226 e. The first-order chi connectivity index (χ1) is 14.9. The molecule has 3 aromatic heterocycles. The first-order valence-corrected chi connectivity index (χ1v) is 10.3. The van der Waals surface area contributed by atoms with Crippen LogP contribution < -0.4 is 11.1 Å². The van der Waals surface area contributed by atoms with Crippen molar-refractivity contribution in [1.29, 1.82) is 5.26 Å². The van der Waals surface area contributed by atoms with Crippen molar-refractivity contribution in [3.63, 3.8) is 0 Å². The molecule has 0 spiro atoms. The van der Waals surface area contributed by atoms with Gasteiger partial charge in [-0.1, -0.05) is 23.2 Å². The van der Waals surface area contributed by atoms with Crippen LogP contribution in [0.5, 0.6) is 0 Å². The van der Waals surface area contributed by atoms with Crippen molar-refractivity contribution >= 4 is 40.6 Å². The maximum atomic E-state index is 8.96. The molecule has 0 aliphatic heterocycles. The van der Waals surface area contributed by atoms with Crippen LogP contribution in [0.2, 0.25) is 10.0 Å². The molecule has 0 amide bonds. The molecule has 0 saturated heterocycles. The van der Waals surface area contributed by atoms with E-state index in [0.29, 0.717) is 51.7 Å². The second-order valence-corrected chi connectivity index (χ2v) is 7.74. The summed E-state index contributed by atoms with van der Waals surface area (Å²) >= 11 is 12.4. The molecule has 156 valence electrons. The van der Waals surface area contributed by atoms with Crippen LogP contribution in [0.1, 0.15) is 23.5 Å². The number of hydrogen-bond donors (Lipinski definition) is 2. The van der Waals surface area contributed by atoms with Gasteiger partial charge in [0.25, 0.3) is 0 Å². The van der Waals surface area contributed by atoms with Gasteiger partial charge in [-0.05, 0) is 50.1 Å². The molecule has 0 aliphatic carbocycles. The van der Waals surface area contributed by atoms with Gasteiger partial charge in [-0.15, -0.1) is 5.10 Å². The summed E-state index contributed by atoms with van der Waals surface area (Å²) in [5.41, 5.74) is 9.09. The number of benzene rings is 1. The number of nitrogens with zero attached hydrogens (tertiary/aromatic N) is 6. The highest BCUT2D eigenvalue weighted by molar-refractivity contribution is 6.36. The minimum absolute atomic E-state index is 0.252. The highest BCUT2D eigenvalue weighted by Gasteiger charge is 2.13. The molecule has 0 unspecified atom stereocenters. The van der Waals surface area contributed by atoms with Gasteiger partial charge in [-0.25, -0.2) is 15.0 Å². The molecule has 31 heavy (non-hydrogen) atoms. The third-order valence-electron chi connectivity index (χ3n) is 4.63. The number of nitrogens with two attached hydrogens (primary N) is 1. The molecule has 10 heteroatoms. The van der Waals surface area contributed by atoms with E-state index < -0.39 is 0 Å². The van der Waals surface area contributed by atoms with Crippen molar-refractivity contribution in [1.82, 2.24) is 24.6 Å². The van der Waals surface area contributed by atoms with Gasteiger partial charge in [0, 0.05) is 28.9 Å². The summed E-state index contributed by atoms with van der Waals surface area (Å²) < 4.78 is 1.67. The van der Waals surface area contributed by atoms with Gasteiger partial charge in [0.15, 0.2) is 5.65 Å². The van der Waals surface area contributed by atoms with Crippen LogP contribution in [0.4, 0.5) is 11.8 Å². The third kappa shape index (κ3) is 4.53. The lowest BCUT2D eigenvalue weighted by Crippen LogP contribution is -2.11. The fraction of sp³-hybridized carbons (Fsp3) is 0.190. The molecule has 0 radical (unpaired) electrons. The van der Waals surface area contributed by atoms with Crippen molar-refractivity contribution in [2.45, 2.75) is 19.8 Å². The Kier molecular flexibility index (Phi) is 5.89. The van der Waals surface area contributed by atoms with Gasteiger partial charge in [0.05, 0.1) is 16.3 Å². The van der Waals surface area contributed by atoms with Crippen molar-refractivity contribution in [3.05, 3.63) is 63.5 Å². The summed E-state index contributed by atoms with van der Waals surface area (Å²) in [5.74, 6) is 1.45. The average molecular weight is 453 g/mol. The number of aromatic nitrogens is 5. The largest absolute Gasteiger partial charge is 0.383 e. The molecule has 0 bridgehead atoms. The molecule has 4 aromatic rings. The van der Waals surface area contributed by atoms with Crippen LogP contribution >= 0.6 is 23.2 Å². The Morgan fingerprint density at radius 1 is 1.13 bits per heavy atom. The quantitative estimate of drug-likeness (QED) is 0.418. The minimum Gasteiger partial charge on any atom is -0.383 e. The topological polar surface area (TPSA) is 118 Å². The summed E-state index contributed by atoms with van der Waals surface area (Å²) in [4.78, 5) is 13.4. The van der Waals surface area contributed by atoms with Gasteiger partial charge in [-0.2, -0.15) is 9.78 Å².